The summed E-state index contributed by atoms with van der Waals surface area (Å²) in [7, 11) is 1.41. The van der Waals surface area contributed by atoms with E-state index in [0.717, 1.165) is 0 Å². The maximum Gasteiger partial charge on any atom is 0.308 e. The van der Waals surface area contributed by atoms with Crippen LogP contribution >= 0.6 is 10.7 Å². The first-order valence-electron chi connectivity index (χ1n) is 6.15. The molecule has 0 aromatic heterocycles. The molecule has 0 fully saturated rings. The highest BCUT2D eigenvalue weighted by Gasteiger charge is 2.15. The smallest absolute Gasteiger partial charge is 0.308 e. The minimum absolute atomic E-state index is 0.134. The number of amides is 1. The fourth-order valence-corrected chi connectivity index (χ4v) is 2.77. The number of hydrogen-bond acceptors (Lipinski definition) is 5. The molecule has 8 heteroatoms. The van der Waals surface area contributed by atoms with Crippen molar-refractivity contribution in [1.29, 1.82) is 0 Å². The van der Waals surface area contributed by atoms with Crippen molar-refractivity contribution in [3.05, 3.63) is 30.3 Å². The molecule has 0 saturated heterocycles. The van der Waals surface area contributed by atoms with Crippen LogP contribution in [0.3, 0.4) is 0 Å². The van der Waals surface area contributed by atoms with Crippen LogP contribution in [0.2, 0.25) is 0 Å². The number of ether oxygens (including phenoxy) is 1. The average molecular weight is 342 g/mol. The standard InChI is InChI=1S/C14H12ClNO5S/c1-8(17)16-14-7-12(22(15,19)20)5-10-3-4-11(6-13(10)14)21-9(2)18/h3-7H,1-2H3,(H,16,17). The van der Waals surface area contributed by atoms with Gasteiger partial charge in [-0.15, -0.1) is 0 Å². The number of nitrogens with one attached hydrogen (secondary N) is 1. The summed E-state index contributed by atoms with van der Waals surface area (Å²) in [5.41, 5.74) is 0.262. The Morgan fingerprint density at radius 2 is 1.82 bits per heavy atom. The van der Waals surface area contributed by atoms with Gasteiger partial charge in [-0.05, 0) is 29.7 Å². The topological polar surface area (TPSA) is 89.5 Å². The molecule has 0 atom stereocenters. The number of hydrogen-bond donors (Lipinski definition) is 1. The van der Waals surface area contributed by atoms with Gasteiger partial charge in [0.05, 0.1) is 10.6 Å². The Labute approximate surface area is 131 Å². The van der Waals surface area contributed by atoms with E-state index in [4.69, 9.17) is 15.4 Å². The Balaban J connectivity index is 2.70. The molecular weight excluding hydrogens is 330 g/mol. The molecule has 0 unspecified atom stereocenters. The quantitative estimate of drug-likeness (QED) is 0.526. The highest BCUT2D eigenvalue weighted by atomic mass is 35.7. The van der Waals surface area contributed by atoms with Crippen molar-refractivity contribution in [1.82, 2.24) is 0 Å². The molecule has 0 bridgehead atoms. The van der Waals surface area contributed by atoms with Crippen molar-refractivity contribution in [2.75, 3.05) is 5.32 Å². The third kappa shape index (κ3) is 3.75. The molecule has 2 aromatic rings. The van der Waals surface area contributed by atoms with Crippen molar-refractivity contribution in [2.45, 2.75) is 18.7 Å². The fraction of sp³-hybridized carbons (Fsp3) is 0.143. The summed E-state index contributed by atoms with van der Waals surface area (Å²) in [6.45, 7) is 2.56. The molecule has 6 nitrogen and oxygen atoms in total. The van der Waals surface area contributed by atoms with Gasteiger partial charge in [0.1, 0.15) is 5.75 Å². The summed E-state index contributed by atoms with van der Waals surface area (Å²) in [6.07, 6.45) is 0. The van der Waals surface area contributed by atoms with Crippen LogP contribution in [0.15, 0.2) is 35.2 Å². The van der Waals surface area contributed by atoms with Gasteiger partial charge in [0.25, 0.3) is 9.05 Å². The second kappa shape index (κ2) is 5.94. The van der Waals surface area contributed by atoms with Gasteiger partial charge in [0.15, 0.2) is 0 Å². The largest absolute Gasteiger partial charge is 0.427 e. The van der Waals surface area contributed by atoms with Crippen molar-refractivity contribution in [3.8, 4) is 5.75 Å². The van der Waals surface area contributed by atoms with Gasteiger partial charge < -0.3 is 10.1 Å². The molecule has 1 N–H and O–H groups in total. The molecular formula is C14H12ClNO5S. The molecule has 2 rings (SSSR count). The monoisotopic (exact) mass is 341 g/mol. The SMILES string of the molecule is CC(=O)Nc1cc(S(=O)(=O)Cl)cc2ccc(OC(C)=O)cc12. The van der Waals surface area contributed by atoms with E-state index in [9.17, 15) is 18.0 Å². The molecule has 116 valence electrons. The highest BCUT2D eigenvalue weighted by Crippen LogP contribution is 2.32. The van der Waals surface area contributed by atoms with E-state index in [0.29, 0.717) is 10.8 Å². The fourth-order valence-electron chi connectivity index (χ4n) is 1.97. The lowest BCUT2D eigenvalue weighted by atomic mass is 10.1. The molecule has 0 aliphatic rings. The number of carbonyl (C=O) groups is 2. The van der Waals surface area contributed by atoms with Gasteiger partial charge in [-0.1, -0.05) is 6.07 Å². The molecule has 0 aliphatic carbocycles. The van der Waals surface area contributed by atoms with E-state index in [1.807, 2.05) is 0 Å². The van der Waals surface area contributed by atoms with Crippen LogP contribution < -0.4 is 10.1 Å². The van der Waals surface area contributed by atoms with E-state index < -0.39 is 15.0 Å². The first-order valence-corrected chi connectivity index (χ1v) is 8.46. The second-order valence-corrected chi connectivity index (χ2v) is 7.13. The molecule has 0 radical (unpaired) electrons. The lowest BCUT2D eigenvalue weighted by Crippen LogP contribution is -2.07. The molecule has 0 spiro atoms. The third-order valence-electron chi connectivity index (χ3n) is 2.75. The number of rotatable bonds is 3. The van der Waals surface area contributed by atoms with E-state index in [2.05, 4.69) is 5.32 Å². The normalized spacial score (nSPS) is 11.2. The molecule has 0 aliphatic heterocycles. The van der Waals surface area contributed by atoms with Crippen LogP contribution in [0.25, 0.3) is 10.8 Å². The Kier molecular flexibility index (Phi) is 4.39. The van der Waals surface area contributed by atoms with Crippen molar-refractivity contribution in [2.24, 2.45) is 0 Å². The third-order valence-corrected chi connectivity index (χ3v) is 4.09. The van der Waals surface area contributed by atoms with E-state index in [1.54, 1.807) is 6.07 Å². The predicted molar refractivity (Wildman–Crippen MR) is 82.6 cm³/mol. The van der Waals surface area contributed by atoms with Gasteiger partial charge in [0.2, 0.25) is 5.91 Å². The zero-order chi connectivity index (χ0) is 16.5. The van der Waals surface area contributed by atoms with E-state index in [-0.39, 0.29) is 22.2 Å². The Morgan fingerprint density at radius 1 is 1.14 bits per heavy atom. The minimum Gasteiger partial charge on any atom is -0.427 e. The highest BCUT2D eigenvalue weighted by molar-refractivity contribution is 8.13. The van der Waals surface area contributed by atoms with Crippen molar-refractivity contribution in [3.63, 3.8) is 0 Å². The summed E-state index contributed by atoms with van der Waals surface area (Å²) in [5, 5.41) is 3.59. The zero-order valence-corrected chi connectivity index (χ0v) is 13.3. The lowest BCUT2D eigenvalue weighted by molar-refractivity contribution is -0.131. The first-order chi connectivity index (χ1) is 10.2. The maximum absolute atomic E-state index is 11.5. The summed E-state index contributed by atoms with van der Waals surface area (Å²) >= 11 is 0. The van der Waals surface area contributed by atoms with Crippen LogP contribution in [-0.2, 0) is 18.6 Å². The number of anilines is 1. The van der Waals surface area contributed by atoms with Crippen molar-refractivity contribution < 1.29 is 22.7 Å². The van der Waals surface area contributed by atoms with Gasteiger partial charge in [-0.3, -0.25) is 9.59 Å². The van der Waals surface area contributed by atoms with Crippen LogP contribution in [0.5, 0.6) is 5.75 Å². The summed E-state index contributed by atoms with van der Waals surface area (Å²) in [6, 6.07) is 7.26. The molecule has 0 saturated carbocycles. The summed E-state index contributed by atoms with van der Waals surface area (Å²) < 4.78 is 28.0. The molecule has 0 heterocycles. The van der Waals surface area contributed by atoms with Crippen LogP contribution in [0, 0.1) is 0 Å². The van der Waals surface area contributed by atoms with E-state index >= 15 is 0 Å². The van der Waals surface area contributed by atoms with Crippen LogP contribution in [-0.4, -0.2) is 20.3 Å². The Bertz CT molecular complexity index is 876. The van der Waals surface area contributed by atoms with Gasteiger partial charge in [-0.2, -0.15) is 0 Å². The van der Waals surface area contributed by atoms with Gasteiger partial charge in [-0.25, -0.2) is 8.42 Å². The Morgan fingerprint density at radius 3 is 2.36 bits per heavy atom. The Hall–Kier alpha value is -2.12. The molecule has 1 amide bonds. The van der Waals surface area contributed by atoms with E-state index in [1.165, 1.54) is 38.1 Å². The average Bonchev–Trinajstić information content (AvgIpc) is 2.36. The van der Waals surface area contributed by atoms with Gasteiger partial charge in [0, 0.05) is 29.9 Å². The first kappa shape index (κ1) is 16.3. The number of benzene rings is 2. The molecule has 2 aromatic carbocycles. The number of halogens is 1. The summed E-state index contributed by atoms with van der Waals surface area (Å²) in [4.78, 5) is 22.2. The predicted octanol–water partition coefficient (Wildman–Crippen LogP) is 2.65. The van der Waals surface area contributed by atoms with Gasteiger partial charge >= 0.3 is 5.97 Å². The molecule has 22 heavy (non-hydrogen) atoms. The lowest BCUT2D eigenvalue weighted by Gasteiger charge is -2.11. The zero-order valence-electron chi connectivity index (χ0n) is 11.7. The maximum atomic E-state index is 11.5. The number of esters is 1. The number of carbonyl (C=O) groups excluding carboxylic acids is 2. The summed E-state index contributed by atoms with van der Waals surface area (Å²) in [5.74, 6) is -0.572. The number of fused-ring (bicyclic) bond motifs is 1. The second-order valence-electron chi connectivity index (χ2n) is 4.57. The minimum atomic E-state index is -3.95. The van der Waals surface area contributed by atoms with Crippen LogP contribution in [0.4, 0.5) is 5.69 Å². The van der Waals surface area contributed by atoms with Crippen LogP contribution in [0.1, 0.15) is 13.8 Å². The van der Waals surface area contributed by atoms with Crippen molar-refractivity contribution >= 4 is 48.1 Å².